The van der Waals surface area contributed by atoms with Gasteiger partial charge in [-0.15, -0.1) is 0 Å². The van der Waals surface area contributed by atoms with Gasteiger partial charge in [-0.05, 0) is 60.4 Å². The van der Waals surface area contributed by atoms with E-state index in [-0.39, 0.29) is 0 Å². The zero-order valence-corrected chi connectivity index (χ0v) is 18.5. The van der Waals surface area contributed by atoms with Gasteiger partial charge in [0.05, 0.1) is 0 Å². The monoisotopic (exact) mass is 440 g/mol. The summed E-state index contributed by atoms with van der Waals surface area (Å²) in [7, 11) is 0. The summed E-state index contributed by atoms with van der Waals surface area (Å²) in [6, 6.07) is 23.0. The third-order valence-corrected chi connectivity index (χ3v) is 4.60. The van der Waals surface area contributed by atoms with Gasteiger partial charge < -0.3 is 14.2 Å². The predicted octanol–water partition coefficient (Wildman–Crippen LogP) is 6.47. The Morgan fingerprint density at radius 1 is 0.606 bits per heavy atom. The first-order valence-corrected chi connectivity index (χ1v) is 10.2. The zero-order chi connectivity index (χ0) is 23.8. The second kappa shape index (κ2) is 10.8. The summed E-state index contributed by atoms with van der Waals surface area (Å²) >= 11 is 0. The molecule has 0 atom stereocenters. The largest absolute Gasteiger partial charge is 0.462 e. The second-order valence-electron chi connectivity index (χ2n) is 7.37. The molecule has 5 nitrogen and oxygen atoms in total. The van der Waals surface area contributed by atoms with Gasteiger partial charge in [0.1, 0.15) is 24.0 Å². The summed E-state index contributed by atoms with van der Waals surface area (Å²) in [6.07, 6.45) is 2.48. The van der Waals surface area contributed by atoms with E-state index >= 15 is 0 Å². The third kappa shape index (κ3) is 6.55. The summed E-state index contributed by atoms with van der Waals surface area (Å²) in [5.41, 5.74) is 4.83. The highest BCUT2D eigenvalue weighted by atomic mass is 16.5. The van der Waals surface area contributed by atoms with Gasteiger partial charge in [-0.2, -0.15) is 0 Å². The topological polar surface area (TPSA) is 61.8 Å². The molecule has 0 aromatic heterocycles. The number of hydrogen-bond donors (Lipinski definition) is 0. The lowest BCUT2D eigenvalue weighted by Gasteiger charge is -2.08. The summed E-state index contributed by atoms with van der Waals surface area (Å²) < 4.78 is 15.5. The summed E-state index contributed by atoms with van der Waals surface area (Å²) in [4.78, 5) is 22.9. The van der Waals surface area contributed by atoms with Gasteiger partial charge in [-0.25, -0.2) is 9.59 Å². The Morgan fingerprint density at radius 2 is 1.00 bits per heavy atom. The Hall–Kier alpha value is -4.38. The number of benzene rings is 3. The number of carbonyl (C=O) groups is 2. The second-order valence-corrected chi connectivity index (χ2v) is 7.37. The van der Waals surface area contributed by atoms with Crippen molar-refractivity contribution in [2.24, 2.45) is 0 Å². The number of esters is 2. The van der Waals surface area contributed by atoms with Crippen molar-refractivity contribution < 1.29 is 23.8 Å². The highest BCUT2D eigenvalue weighted by Crippen LogP contribution is 2.27. The minimum absolute atomic E-state index is 0.316. The van der Waals surface area contributed by atoms with Crippen LogP contribution in [0.25, 0.3) is 22.3 Å². The first kappa shape index (κ1) is 23.3. The molecule has 0 saturated carbocycles. The fraction of sp³-hybridized carbons (Fsp3) is 0.0714. The van der Waals surface area contributed by atoms with Crippen LogP contribution < -0.4 is 9.47 Å². The van der Waals surface area contributed by atoms with Crippen LogP contribution in [0.3, 0.4) is 0 Å². The standard InChI is InChI=1S/C28H24O5/c1-19(2)27(29)32-18-17-31-25-13-9-23(10-14-25)21-5-7-22(8-6-21)24-11-15-26(16-12-24)33-28(30)20(3)4/h5-18H,1,3H2,2,4H3. The molecule has 0 aliphatic rings. The molecule has 0 saturated heterocycles. The molecule has 0 spiro atoms. The van der Waals surface area contributed by atoms with Crippen LogP contribution in [0.4, 0.5) is 0 Å². The van der Waals surface area contributed by atoms with Crippen molar-refractivity contribution >= 4 is 11.9 Å². The van der Waals surface area contributed by atoms with E-state index in [0.29, 0.717) is 22.6 Å². The molecule has 0 aliphatic carbocycles. The Bertz CT molecular complexity index is 1180. The summed E-state index contributed by atoms with van der Waals surface area (Å²) in [5, 5.41) is 0. The molecule has 0 amide bonds. The van der Waals surface area contributed by atoms with Crippen molar-refractivity contribution in [1.29, 1.82) is 0 Å². The van der Waals surface area contributed by atoms with Gasteiger partial charge >= 0.3 is 11.9 Å². The molecular formula is C28H24O5. The molecule has 166 valence electrons. The highest BCUT2D eigenvalue weighted by molar-refractivity contribution is 5.89. The lowest BCUT2D eigenvalue weighted by Crippen LogP contribution is -2.07. The Labute approximate surface area is 193 Å². The Morgan fingerprint density at radius 3 is 1.42 bits per heavy atom. The van der Waals surface area contributed by atoms with Gasteiger partial charge in [0.15, 0.2) is 0 Å². The van der Waals surface area contributed by atoms with Crippen LogP contribution in [0.5, 0.6) is 11.5 Å². The SMILES string of the molecule is C=C(C)C(=O)OC=COc1ccc(-c2ccc(-c3ccc(OC(=O)C(=C)C)cc3)cc2)cc1. The van der Waals surface area contributed by atoms with Crippen LogP contribution in [0.1, 0.15) is 13.8 Å². The molecule has 3 rings (SSSR count). The molecule has 0 radical (unpaired) electrons. The molecule has 0 bridgehead atoms. The molecule has 33 heavy (non-hydrogen) atoms. The summed E-state index contributed by atoms with van der Waals surface area (Å²) in [5.74, 6) is 0.154. The maximum Gasteiger partial charge on any atom is 0.338 e. The van der Waals surface area contributed by atoms with Gasteiger partial charge in [-0.1, -0.05) is 61.7 Å². The number of carbonyl (C=O) groups excluding carboxylic acids is 2. The lowest BCUT2D eigenvalue weighted by atomic mass is 10.0. The van der Waals surface area contributed by atoms with Gasteiger partial charge in [0.2, 0.25) is 0 Å². The van der Waals surface area contributed by atoms with Crippen LogP contribution in [0, 0.1) is 0 Å². The quantitative estimate of drug-likeness (QED) is 0.174. The van der Waals surface area contributed by atoms with E-state index < -0.39 is 11.9 Å². The van der Waals surface area contributed by atoms with E-state index in [2.05, 4.69) is 13.2 Å². The maximum atomic E-state index is 11.6. The van der Waals surface area contributed by atoms with E-state index in [1.54, 1.807) is 26.0 Å². The van der Waals surface area contributed by atoms with Crippen LogP contribution >= 0.6 is 0 Å². The average molecular weight is 440 g/mol. The Kier molecular flexibility index (Phi) is 7.60. The third-order valence-electron chi connectivity index (χ3n) is 4.60. The van der Waals surface area contributed by atoms with Gasteiger partial charge in [-0.3, -0.25) is 0 Å². The minimum atomic E-state index is -0.504. The van der Waals surface area contributed by atoms with Gasteiger partial charge in [0.25, 0.3) is 0 Å². The Balaban J connectivity index is 1.61. The van der Waals surface area contributed by atoms with Crippen LogP contribution in [-0.4, -0.2) is 11.9 Å². The molecule has 0 unspecified atom stereocenters. The fourth-order valence-electron chi connectivity index (χ4n) is 2.79. The van der Waals surface area contributed by atoms with E-state index in [9.17, 15) is 9.59 Å². The predicted molar refractivity (Wildman–Crippen MR) is 128 cm³/mol. The van der Waals surface area contributed by atoms with E-state index in [0.717, 1.165) is 22.3 Å². The van der Waals surface area contributed by atoms with Gasteiger partial charge in [0, 0.05) is 11.1 Å². The van der Waals surface area contributed by atoms with E-state index in [1.165, 1.54) is 12.5 Å². The highest BCUT2D eigenvalue weighted by Gasteiger charge is 2.06. The average Bonchev–Trinajstić information content (AvgIpc) is 2.82. The fourth-order valence-corrected chi connectivity index (χ4v) is 2.79. The molecule has 0 fully saturated rings. The summed E-state index contributed by atoms with van der Waals surface area (Å²) in [6.45, 7) is 10.3. The lowest BCUT2D eigenvalue weighted by molar-refractivity contribution is -0.133. The van der Waals surface area contributed by atoms with Crippen molar-refractivity contribution in [3.63, 3.8) is 0 Å². The first-order chi connectivity index (χ1) is 15.8. The molecular weight excluding hydrogens is 416 g/mol. The first-order valence-electron chi connectivity index (χ1n) is 10.2. The minimum Gasteiger partial charge on any atom is -0.462 e. The van der Waals surface area contributed by atoms with Crippen molar-refractivity contribution in [2.45, 2.75) is 13.8 Å². The molecule has 3 aromatic rings. The normalized spacial score (nSPS) is 10.5. The van der Waals surface area contributed by atoms with Crippen LogP contribution in [-0.2, 0) is 14.3 Å². The van der Waals surface area contributed by atoms with Crippen molar-refractivity contribution in [2.75, 3.05) is 0 Å². The van der Waals surface area contributed by atoms with E-state index in [4.69, 9.17) is 14.2 Å². The van der Waals surface area contributed by atoms with Crippen LogP contribution in [0.15, 0.2) is 110 Å². The molecule has 3 aromatic carbocycles. The molecule has 0 N–H and O–H groups in total. The van der Waals surface area contributed by atoms with Crippen molar-refractivity contribution in [1.82, 2.24) is 0 Å². The molecule has 0 aliphatic heterocycles. The number of rotatable bonds is 8. The number of ether oxygens (including phenoxy) is 3. The van der Waals surface area contributed by atoms with Crippen LogP contribution in [0.2, 0.25) is 0 Å². The smallest absolute Gasteiger partial charge is 0.338 e. The maximum absolute atomic E-state index is 11.6. The van der Waals surface area contributed by atoms with Crippen molar-refractivity contribution in [3.05, 3.63) is 110 Å². The van der Waals surface area contributed by atoms with E-state index in [1.807, 2.05) is 60.7 Å². The van der Waals surface area contributed by atoms with Crippen molar-refractivity contribution in [3.8, 4) is 33.8 Å². The molecule has 0 heterocycles. The number of hydrogen-bond acceptors (Lipinski definition) is 5. The zero-order valence-electron chi connectivity index (χ0n) is 18.5. The molecule has 5 heteroatoms.